The molecule has 0 radical (unpaired) electrons. The van der Waals surface area contributed by atoms with Gasteiger partial charge in [0, 0.05) is 12.5 Å². The lowest BCUT2D eigenvalue weighted by molar-refractivity contribution is -0.132. The van der Waals surface area contributed by atoms with E-state index in [0.29, 0.717) is 17.1 Å². The predicted molar refractivity (Wildman–Crippen MR) is 88.2 cm³/mol. The molecule has 0 aliphatic heterocycles. The highest BCUT2D eigenvalue weighted by atomic mass is 16.6. The quantitative estimate of drug-likeness (QED) is 0.479. The zero-order chi connectivity index (χ0) is 17.0. The molecule has 0 aromatic heterocycles. The van der Waals surface area contributed by atoms with Gasteiger partial charge in [0.15, 0.2) is 23.9 Å². The van der Waals surface area contributed by atoms with Crippen molar-refractivity contribution in [3.63, 3.8) is 0 Å². The minimum Gasteiger partial charge on any atom is -0.482 e. The largest absolute Gasteiger partial charge is 0.482 e. The summed E-state index contributed by atoms with van der Waals surface area (Å²) in [6.07, 6.45) is 0. The summed E-state index contributed by atoms with van der Waals surface area (Å²) in [5.41, 5.74) is 3.80. The van der Waals surface area contributed by atoms with Crippen LogP contribution in [-0.2, 0) is 4.79 Å². The van der Waals surface area contributed by atoms with E-state index in [9.17, 15) is 9.59 Å². The standard InChI is InChI=1S/C19H20O4/c1-12-9-14(3)16(10-13(12)2)17(21)11-22-18-7-5-6-8-19(18)23-15(4)20/h5-10H,11H2,1-4H3. The van der Waals surface area contributed by atoms with Crippen molar-refractivity contribution < 1.29 is 19.1 Å². The van der Waals surface area contributed by atoms with Gasteiger partial charge in [-0.3, -0.25) is 9.59 Å². The van der Waals surface area contributed by atoms with Gasteiger partial charge in [-0.25, -0.2) is 0 Å². The zero-order valence-electron chi connectivity index (χ0n) is 13.8. The molecule has 0 heterocycles. The Labute approximate surface area is 136 Å². The minimum absolute atomic E-state index is 0.108. The summed E-state index contributed by atoms with van der Waals surface area (Å²) in [7, 11) is 0. The number of carbonyl (C=O) groups is 2. The summed E-state index contributed by atoms with van der Waals surface area (Å²) >= 11 is 0. The van der Waals surface area contributed by atoms with Gasteiger partial charge in [0.25, 0.3) is 0 Å². The second-order valence-electron chi connectivity index (χ2n) is 5.50. The third-order valence-electron chi connectivity index (χ3n) is 3.60. The summed E-state index contributed by atoms with van der Waals surface area (Å²) in [5.74, 6) is 0.141. The first-order valence-electron chi connectivity index (χ1n) is 7.39. The lowest BCUT2D eigenvalue weighted by atomic mass is 9.98. The fraction of sp³-hybridized carbons (Fsp3) is 0.263. The van der Waals surface area contributed by atoms with Crippen molar-refractivity contribution in [2.45, 2.75) is 27.7 Å². The smallest absolute Gasteiger partial charge is 0.308 e. The molecular formula is C19H20O4. The van der Waals surface area contributed by atoms with Crippen LogP contribution in [0.25, 0.3) is 0 Å². The van der Waals surface area contributed by atoms with Crippen LogP contribution >= 0.6 is 0 Å². The van der Waals surface area contributed by atoms with E-state index in [2.05, 4.69) is 0 Å². The van der Waals surface area contributed by atoms with Crippen LogP contribution in [0.4, 0.5) is 0 Å². The molecule has 0 saturated heterocycles. The molecule has 0 atom stereocenters. The lowest BCUT2D eigenvalue weighted by Crippen LogP contribution is -2.14. The highest BCUT2D eigenvalue weighted by Crippen LogP contribution is 2.27. The van der Waals surface area contributed by atoms with E-state index in [1.54, 1.807) is 24.3 Å². The summed E-state index contributed by atoms with van der Waals surface area (Å²) in [4.78, 5) is 23.5. The van der Waals surface area contributed by atoms with Crippen molar-refractivity contribution in [1.29, 1.82) is 0 Å². The molecule has 4 nitrogen and oxygen atoms in total. The summed E-state index contributed by atoms with van der Waals surface area (Å²) in [5, 5.41) is 0. The molecule has 0 spiro atoms. The molecule has 0 N–H and O–H groups in total. The van der Waals surface area contributed by atoms with Gasteiger partial charge in [-0.2, -0.15) is 0 Å². The molecule has 0 fully saturated rings. The van der Waals surface area contributed by atoms with Gasteiger partial charge in [-0.05, 0) is 55.7 Å². The topological polar surface area (TPSA) is 52.6 Å². The molecular weight excluding hydrogens is 292 g/mol. The van der Waals surface area contributed by atoms with E-state index in [4.69, 9.17) is 9.47 Å². The van der Waals surface area contributed by atoms with E-state index < -0.39 is 5.97 Å². The summed E-state index contributed by atoms with van der Waals surface area (Å²) < 4.78 is 10.6. The number of rotatable bonds is 5. The predicted octanol–water partition coefficient (Wildman–Crippen LogP) is 3.80. The number of hydrogen-bond donors (Lipinski definition) is 0. The molecule has 23 heavy (non-hydrogen) atoms. The van der Waals surface area contributed by atoms with Crippen molar-refractivity contribution in [3.8, 4) is 11.5 Å². The van der Waals surface area contributed by atoms with Crippen LogP contribution in [-0.4, -0.2) is 18.4 Å². The van der Waals surface area contributed by atoms with E-state index >= 15 is 0 Å². The van der Waals surface area contributed by atoms with Crippen LogP contribution in [0.3, 0.4) is 0 Å². The van der Waals surface area contributed by atoms with Crippen LogP contribution in [0.1, 0.15) is 34.0 Å². The number of ether oxygens (including phenoxy) is 2. The van der Waals surface area contributed by atoms with Crippen LogP contribution in [0.15, 0.2) is 36.4 Å². The molecule has 2 aromatic carbocycles. The first-order chi connectivity index (χ1) is 10.9. The van der Waals surface area contributed by atoms with E-state index in [-0.39, 0.29) is 12.4 Å². The number of carbonyl (C=O) groups excluding carboxylic acids is 2. The molecule has 0 aliphatic carbocycles. The molecule has 2 aromatic rings. The average Bonchev–Trinajstić information content (AvgIpc) is 2.49. The zero-order valence-corrected chi connectivity index (χ0v) is 13.8. The number of aryl methyl sites for hydroxylation is 3. The van der Waals surface area contributed by atoms with Crippen LogP contribution < -0.4 is 9.47 Å². The highest BCUT2D eigenvalue weighted by Gasteiger charge is 2.13. The van der Waals surface area contributed by atoms with Crippen LogP contribution in [0, 0.1) is 20.8 Å². The number of benzene rings is 2. The highest BCUT2D eigenvalue weighted by molar-refractivity contribution is 5.98. The number of esters is 1. The molecule has 4 heteroatoms. The molecule has 0 saturated carbocycles. The third-order valence-corrected chi connectivity index (χ3v) is 3.60. The van der Waals surface area contributed by atoms with Crippen molar-refractivity contribution >= 4 is 11.8 Å². The van der Waals surface area contributed by atoms with E-state index in [0.717, 1.165) is 16.7 Å². The first-order valence-corrected chi connectivity index (χ1v) is 7.39. The van der Waals surface area contributed by atoms with Crippen LogP contribution in [0.5, 0.6) is 11.5 Å². The van der Waals surface area contributed by atoms with Crippen molar-refractivity contribution in [3.05, 3.63) is 58.7 Å². The van der Waals surface area contributed by atoms with Gasteiger partial charge < -0.3 is 9.47 Å². The molecule has 120 valence electrons. The Morgan fingerprint density at radius 2 is 1.52 bits per heavy atom. The molecule has 0 bridgehead atoms. The number of Topliss-reactive ketones (excluding diaryl/α,β-unsaturated/α-hetero) is 1. The fourth-order valence-corrected chi connectivity index (χ4v) is 2.29. The average molecular weight is 312 g/mol. The maximum Gasteiger partial charge on any atom is 0.308 e. The maximum atomic E-state index is 12.4. The second-order valence-corrected chi connectivity index (χ2v) is 5.50. The van der Waals surface area contributed by atoms with Gasteiger partial charge in [0.2, 0.25) is 0 Å². The molecule has 0 amide bonds. The maximum absolute atomic E-state index is 12.4. The summed E-state index contributed by atoms with van der Waals surface area (Å²) in [6, 6.07) is 10.7. The van der Waals surface area contributed by atoms with Gasteiger partial charge in [0.05, 0.1) is 0 Å². The SMILES string of the molecule is CC(=O)Oc1ccccc1OCC(=O)c1cc(C)c(C)cc1C. The molecule has 2 rings (SSSR count). The van der Waals surface area contributed by atoms with E-state index in [1.165, 1.54) is 6.92 Å². The Hall–Kier alpha value is -2.62. The van der Waals surface area contributed by atoms with Crippen LogP contribution in [0.2, 0.25) is 0 Å². The summed E-state index contributed by atoms with van der Waals surface area (Å²) in [6.45, 7) is 7.11. The Bertz CT molecular complexity index is 747. The minimum atomic E-state index is -0.433. The monoisotopic (exact) mass is 312 g/mol. The molecule has 0 unspecified atom stereocenters. The third kappa shape index (κ3) is 4.19. The van der Waals surface area contributed by atoms with Crippen molar-refractivity contribution in [1.82, 2.24) is 0 Å². The Morgan fingerprint density at radius 3 is 2.17 bits per heavy atom. The number of para-hydroxylation sites is 2. The second kappa shape index (κ2) is 7.09. The van der Waals surface area contributed by atoms with Crippen molar-refractivity contribution in [2.75, 3.05) is 6.61 Å². The fourth-order valence-electron chi connectivity index (χ4n) is 2.29. The Morgan fingerprint density at radius 1 is 0.913 bits per heavy atom. The van der Waals surface area contributed by atoms with Gasteiger partial charge in [-0.1, -0.05) is 18.2 Å². The van der Waals surface area contributed by atoms with Crippen molar-refractivity contribution in [2.24, 2.45) is 0 Å². The van der Waals surface area contributed by atoms with Gasteiger partial charge in [-0.15, -0.1) is 0 Å². The van der Waals surface area contributed by atoms with Gasteiger partial charge >= 0.3 is 5.97 Å². The van der Waals surface area contributed by atoms with E-state index in [1.807, 2.05) is 32.9 Å². The Balaban J connectivity index is 2.14. The molecule has 0 aliphatic rings. The first kappa shape index (κ1) is 16.7. The Kier molecular flexibility index (Phi) is 5.16. The number of hydrogen-bond acceptors (Lipinski definition) is 4. The number of ketones is 1. The van der Waals surface area contributed by atoms with Gasteiger partial charge in [0.1, 0.15) is 0 Å². The lowest BCUT2D eigenvalue weighted by Gasteiger charge is -2.12. The normalized spacial score (nSPS) is 10.3.